The average molecular weight is 199 g/mol. The van der Waals surface area contributed by atoms with Crippen LogP contribution in [0.1, 0.15) is 6.92 Å². The molecule has 0 bridgehead atoms. The van der Waals surface area contributed by atoms with Crippen LogP contribution in [0.5, 0.6) is 0 Å². The Hall–Kier alpha value is 0.679. The van der Waals surface area contributed by atoms with E-state index in [1.165, 1.54) is 4.44 Å². The maximum atomic E-state index is 2.16. The third kappa shape index (κ3) is 137. The molecule has 0 amide bonds. The molecule has 0 atom stereocenters. The molecule has 3 nitrogen and oxygen atoms in total. The first kappa shape index (κ1) is 30.0. The van der Waals surface area contributed by atoms with Gasteiger partial charge in [0.05, 0.1) is 0 Å². The largest absolute Gasteiger partial charge is 0.870 e. The Morgan fingerprint density at radius 1 is 1.17 bits per heavy atom. The van der Waals surface area contributed by atoms with Gasteiger partial charge in [0.1, 0.15) is 0 Å². The van der Waals surface area contributed by atoms with Gasteiger partial charge in [0.15, 0.2) is 0 Å². The van der Waals surface area contributed by atoms with E-state index in [9.17, 15) is 0 Å². The number of hydrogen-bond donors (Lipinski definition) is 0. The van der Waals surface area contributed by atoms with Gasteiger partial charge in [0.25, 0.3) is 0 Å². The molecule has 0 saturated carbocycles. The van der Waals surface area contributed by atoms with Gasteiger partial charge in [0.2, 0.25) is 0 Å². The molecule has 6 heavy (non-hydrogen) atoms. The smallest absolute Gasteiger partial charge is 0.870 e. The van der Waals surface area contributed by atoms with E-state index in [0.29, 0.717) is 0 Å². The van der Waals surface area contributed by atoms with Crippen LogP contribution in [0.4, 0.5) is 0 Å². The van der Waals surface area contributed by atoms with Gasteiger partial charge < -0.3 is 16.4 Å². The van der Waals surface area contributed by atoms with Crippen molar-refractivity contribution in [3.8, 4) is 0 Å². The fourth-order valence-electron chi connectivity index (χ4n) is 0. The van der Waals surface area contributed by atoms with Crippen molar-refractivity contribution in [3.63, 3.8) is 0 Å². The van der Waals surface area contributed by atoms with Crippen molar-refractivity contribution in [1.82, 2.24) is 0 Å². The van der Waals surface area contributed by atoms with Crippen molar-refractivity contribution in [1.29, 1.82) is 0 Å². The van der Waals surface area contributed by atoms with E-state index >= 15 is 0 Å². The van der Waals surface area contributed by atoms with Crippen LogP contribution in [0.3, 0.4) is 0 Å². The minimum absolute atomic E-state index is 0. The minimum Gasteiger partial charge on any atom is -0.870 e. The third-order valence-corrected chi connectivity index (χ3v) is 0. The van der Waals surface area contributed by atoms with Crippen molar-refractivity contribution in [2.24, 2.45) is 0 Å². The fraction of sp³-hybridized carbons (Fsp3) is 1.00. The third-order valence-electron chi connectivity index (χ3n) is 0. The predicted octanol–water partition coefficient (Wildman–Crippen LogP) is 0.0627. The topological polar surface area (TPSA) is 90.0 Å². The Kier molecular flexibility index (Phi) is 221. The van der Waals surface area contributed by atoms with Gasteiger partial charge in [-0.3, -0.25) is 0 Å². The molecular formula is C2H8O3Sn. The summed E-state index contributed by atoms with van der Waals surface area (Å²) >= 11 is 1.64. The maximum Gasteiger partial charge on any atom is -0.870 e. The second-order valence-electron chi connectivity index (χ2n) is 0.354. The molecule has 38 valence electrons. The molecule has 0 rings (SSSR count). The van der Waals surface area contributed by atoms with Crippen LogP contribution in [-0.4, -0.2) is 39.0 Å². The predicted molar refractivity (Wildman–Crippen MR) is 22.0 cm³/mol. The normalized spacial score (nSPS) is 3.17. The molecule has 0 aromatic heterocycles. The molecule has 0 saturated heterocycles. The van der Waals surface area contributed by atoms with Crippen molar-refractivity contribution >= 4 is 22.5 Å². The Labute approximate surface area is 50.8 Å². The molecule has 0 fully saturated rings. The van der Waals surface area contributed by atoms with Crippen LogP contribution < -0.4 is 0 Å². The van der Waals surface area contributed by atoms with Gasteiger partial charge in [-0.2, -0.15) is 0 Å². The van der Waals surface area contributed by atoms with Crippen LogP contribution in [0.15, 0.2) is 0 Å². The Bertz CT molecular complexity index is 8.75. The minimum atomic E-state index is 0. The fourth-order valence-corrected chi connectivity index (χ4v) is 0. The molecule has 0 heterocycles. The van der Waals surface area contributed by atoms with Gasteiger partial charge >= 0.3 is 33.9 Å². The van der Waals surface area contributed by atoms with E-state index in [0.717, 1.165) is 0 Å². The van der Waals surface area contributed by atoms with Crippen LogP contribution >= 0.6 is 0 Å². The molecule has 0 aromatic carbocycles. The Morgan fingerprint density at radius 2 is 1.17 bits per heavy atom. The summed E-state index contributed by atoms with van der Waals surface area (Å²) in [4.78, 5) is 0. The molecule has 0 aliphatic heterocycles. The van der Waals surface area contributed by atoms with Crippen molar-refractivity contribution in [2.75, 3.05) is 0 Å². The van der Waals surface area contributed by atoms with E-state index in [-0.39, 0.29) is 16.4 Å². The monoisotopic (exact) mass is 200 g/mol. The summed E-state index contributed by atoms with van der Waals surface area (Å²) in [5.41, 5.74) is 0. The Balaban J connectivity index is -0.00000000667. The summed E-state index contributed by atoms with van der Waals surface area (Å²) in [5, 5.41) is 0. The summed E-state index contributed by atoms with van der Waals surface area (Å²) < 4.78 is 1.34. The summed E-state index contributed by atoms with van der Waals surface area (Å²) in [5.74, 6) is 0. The molecule has 0 aliphatic carbocycles. The van der Waals surface area contributed by atoms with E-state index in [4.69, 9.17) is 0 Å². The molecule has 0 radical (unpaired) electrons. The molecule has 3 N–H and O–H groups in total. The summed E-state index contributed by atoms with van der Waals surface area (Å²) in [7, 11) is 0. The van der Waals surface area contributed by atoms with Crippen molar-refractivity contribution < 1.29 is 16.4 Å². The number of hydrogen-bond acceptors (Lipinski definition) is 3. The molecule has 4 heteroatoms. The van der Waals surface area contributed by atoms with Crippen LogP contribution in [-0.2, 0) is 0 Å². The molecule has 0 aromatic rings. The van der Waals surface area contributed by atoms with Gasteiger partial charge in [-0.15, -0.1) is 0 Å². The van der Waals surface area contributed by atoms with Crippen LogP contribution in [0, 0.1) is 0 Å². The van der Waals surface area contributed by atoms with Gasteiger partial charge in [-0.25, -0.2) is 0 Å². The van der Waals surface area contributed by atoms with Gasteiger partial charge in [0, 0.05) is 0 Å². The standard InChI is InChI=1S/C2H5.3H2O.Sn/c1-2;;;;/h1H2,2H3;3*1H2;/q;;;;+3/p-3. The van der Waals surface area contributed by atoms with E-state index in [1.54, 1.807) is 22.5 Å². The molecule has 0 unspecified atom stereocenters. The van der Waals surface area contributed by atoms with E-state index in [1.807, 2.05) is 0 Å². The average Bonchev–Trinajstić information content (AvgIpc) is 0.918. The molecule has 0 aliphatic rings. The first-order valence-electron chi connectivity index (χ1n) is 1.06. The zero-order valence-electron chi connectivity index (χ0n) is 3.55. The van der Waals surface area contributed by atoms with Gasteiger partial charge in [-0.05, 0) is 0 Å². The molecular weight excluding hydrogens is 191 g/mol. The van der Waals surface area contributed by atoms with Crippen molar-refractivity contribution in [2.45, 2.75) is 11.4 Å². The van der Waals surface area contributed by atoms with E-state index in [2.05, 4.69) is 6.92 Å². The summed E-state index contributed by atoms with van der Waals surface area (Å²) in [6.45, 7) is 2.16. The first-order chi connectivity index (χ1) is 1.41. The van der Waals surface area contributed by atoms with Gasteiger partial charge in [-0.1, -0.05) is 0 Å². The van der Waals surface area contributed by atoms with Crippen LogP contribution in [0.25, 0.3) is 0 Å². The first-order valence-corrected chi connectivity index (χ1v) is 3.08. The quantitative estimate of drug-likeness (QED) is 0.516. The number of rotatable bonds is 0. The summed E-state index contributed by atoms with van der Waals surface area (Å²) in [6, 6.07) is 0. The zero-order valence-corrected chi connectivity index (χ0v) is 6.40. The van der Waals surface area contributed by atoms with Crippen LogP contribution in [0.2, 0.25) is 4.44 Å². The molecule has 0 spiro atoms. The van der Waals surface area contributed by atoms with E-state index < -0.39 is 0 Å². The van der Waals surface area contributed by atoms with Crippen molar-refractivity contribution in [3.05, 3.63) is 0 Å². The Morgan fingerprint density at radius 3 is 1.17 bits per heavy atom. The summed E-state index contributed by atoms with van der Waals surface area (Å²) in [6.07, 6.45) is 0. The second kappa shape index (κ2) is 44.1. The SMILES string of the molecule is C[CH2][Sn+3].[OH-].[OH-].[OH-]. The zero-order chi connectivity index (χ0) is 2.71. The maximum absolute atomic E-state index is 2.16. The second-order valence-corrected chi connectivity index (χ2v) is 2.37.